The molecule has 1 aromatic carbocycles. The first-order valence-electron chi connectivity index (χ1n) is 6.70. The van der Waals surface area contributed by atoms with Gasteiger partial charge in [0.2, 0.25) is 5.88 Å². The van der Waals surface area contributed by atoms with Crippen molar-refractivity contribution in [2.45, 2.75) is 33.4 Å². The fourth-order valence-electron chi connectivity index (χ4n) is 2.07. The fourth-order valence-corrected chi connectivity index (χ4v) is 2.58. The first-order chi connectivity index (χ1) is 10.3. The number of benzene rings is 1. The van der Waals surface area contributed by atoms with Crippen LogP contribution in [0.15, 0.2) is 18.2 Å². The zero-order valence-corrected chi connectivity index (χ0v) is 13.9. The molecule has 0 unspecified atom stereocenters. The number of nitrogens with zero attached hydrogens (tertiary/aromatic N) is 2. The maximum Gasteiger partial charge on any atom is 0.229 e. The number of aromatic nitrogens is 2. The van der Waals surface area contributed by atoms with Gasteiger partial charge < -0.3 is 9.84 Å². The third kappa shape index (κ3) is 3.43. The van der Waals surface area contributed by atoms with Crippen LogP contribution in [0.1, 0.15) is 42.9 Å². The van der Waals surface area contributed by atoms with Crippen LogP contribution in [-0.2, 0) is 6.61 Å². The Morgan fingerprint density at radius 2 is 1.91 bits per heavy atom. The predicted molar refractivity (Wildman–Crippen MR) is 85.1 cm³/mol. The van der Waals surface area contributed by atoms with Gasteiger partial charge in [-0.05, 0) is 39.0 Å². The topological polar surface area (TPSA) is 64.3 Å². The van der Waals surface area contributed by atoms with E-state index in [1.54, 1.807) is 22.9 Å². The van der Waals surface area contributed by atoms with Crippen molar-refractivity contribution in [3.8, 4) is 11.6 Å². The molecule has 1 heterocycles. The Bertz CT molecular complexity index is 691. The Morgan fingerprint density at radius 1 is 1.32 bits per heavy atom. The molecule has 2 rings (SSSR count). The van der Waals surface area contributed by atoms with Crippen LogP contribution in [0.4, 0.5) is 0 Å². The number of aliphatic hydroxyl groups excluding tert-OH is 1. The first kappa shape index (κ1) is 16.8. The van der Waals surface area contributed by atoms with Crippen molar-refractivity contribution in [2.24, 2.45) is 0 Å². The molecule has 0 saturated heterocycles. The summed E-state index contributed by atoms with van der Waals surface area (Å²) >= 11 is 11.9. The highest BCUT2D eigenvalue weighted by Gasteiger charge is 2.24. The number of rotatable bonds is 5. The molecule has 7 heteroatoms. The maximum atomic E-state index is 11.9. The van der Waals surface area contributed by atoms with Crippen molar-refractivity contribution in [1.82, 2.24) is 9.78 Å². The van der Waals surface area contributed by atoms with E-state index in [4.69, 9.17) is 27.9 Å². The molecule has 22 heavy (non-hydrogen) atoms. The molecule has 5 nitrogen and oxygen atoms in total. The first-order valence-corrected chi connectivity index (χ1v) is 7.46. The van der Waals surface area contributed by atoms with Gasteiger partial charge in [0, 0.05) is 10.0 Å². The van der Waals surface area contributed by atoms with Crippen LogP contribution in [0.5, 0.6) is 11.6 Å². The molecular formula is C15H16Cl2N2O3. The zero-order valence-electron chi connectivity index (χ0n) is 12.4. The highest BCUT2D eigenvalue weighted by atomic mass is 35.5. The molecular weight excluding hydrogens is 327 g/mol. The van der Waals surface area contributed by atoms with Crippen molar-refractivity contribution in [3.63, 3.8) is 0 Å². The second-order valence-corrected chi connectivity index (χ2v) is 5.96. The molecule has 0 spiro atoms. The molecule has 1 N–H and O–H groups in total. The van der Waals surface area contributed by atoms with Gasteiger partial charge in [-0.15, -0.1) is 0 Å². The molecule has 118 valence electrons. The van der Waals surface area contributed by atoms with Crippen LogP contribution in [-0.4, -0.2) is 20.7 Å². The highest BCUT2D eigenvalue weighted by molar-refractivity contribution is 6.34. The Hall–Kier alpha value is -1.56. The smallest absolute Gasteiger partial charge is 0.229 e. The van der Waals surface area contributed by atoms with E-state index in [2.05, 4.69) is 5.10 Å². The number of halogens is 2. The molecule has 0 fully saturated rings. The van der Waals surface area contributed by atoms with E-state index in [1.165, 1.54) is 6.92 Å². The number of aliphatic hydroxyl groups is 1. The molecule has 2 aromatic rings. The van der Waals surface area contributed by atoms with E-state index in [0.717, 1.165) is 0 Å². The Balaban J connectivity index is 2.56. The van der Waals surface area contributed by atoms with Gasteiger partial charge in [0.1, 0.15) is 17.0 Å². The third-order valence-corrected chi connectivity index (χ3v) is 3.42. The van der Waals surface area contributed by atoms with Crippen molar-refractivity contribution >= 4 is 29.0 Å². The van der Waals surface area contributed by atoms with E-state index in [-0.39, 0.29) is 35.6 Å². The molecule has 0 aliphatic rings. The van der Waals surface area contributed by atoms with Crippen LogP contribution in [0.3, 0.4) is 0 Å². The molecule has 0 aliphatic carbocycles. The van der Waals surface area contributed by atoms with Gasteiger partial charge in [-0.1, -0.05) is 23.2 Å². The number of ether oxygens (including phenoxy) is 1. The molecule has 0 bridgehead atoms. The van der Waals surface area contributed by atoms with Crippen molar-refractivity contribution in [2.75, 3.05) is 0 Å². The summed E-state index contributed by atoms with van der Waals surface area (Å²) < 4.78 is 7.36. The van der Waals surface area contributed by atoms with Crippen LogP contribution >= 0.6 is 23.2 Å². The minimum atomic E-state index is -0.346. The van der Waals surface area contributed by atoms with Gasteiger partial charge in [0.15, 0.2) is 5.78 Å². The van der Waals surface area contributed by atoms with Gasteiger partial charge >= 0.3 is 0 Å². The largest absolute Gasteiger partial charge is 0.438 e. The van der Waals surface area contributed by atoms with Crippen molar-refractivity contribution in [1.29, 1.82) is 0 Å². The summed E-state index contributed by atoms with van der Waals surface area (Å²) in [6, 6.07) is 4.71. The molecule has 0 radical (unpaired) electrons. The van der Waals surface area contributed by atoms with E-state index in [0.29, 0.717) is 15.8 Å². The van der Waals surface area contributed by atoms with Crippen LogP contribution in [0.2, 0.25) is 10.0 Å². The standard InChI is InChI=1S/C15H16Cl2N2O3/c1-8(2)19-15(14(9(3)21)13(7-20)18-19)22-12-5-10(16)4-11(17)6-12/h4-6,8,20H,7H2,1-3H3. The van der Waals surface area contributed by atoms with E-state index in [1.807, 2.05) is 13.8 Å². The lowest BCUT2D eigenvalue weighted by atomic mass is 10.2. The summed E-state index contributed by atoms with van der Waals surface area (Å²) in [7, 11) is 0. The summed E-state index contributed by atoms with van der Waals surface area (Å²) in [5.41, 5.74) is 0.539. The van der Waals surface area contributed by atoms with Gasteiger partial charge in [0.05, 0.1) is 12.6 Å². The maximum absolute atomic E-state index is 11.9. The quantitative estimate of drug-likeness (QED) is 0.824. The summed E-state index contributed by atoms with van der Waals surface area (Å²) in [5, 5.41) is 14.5. The van der Waals surface area contributed by atoms with Crippen LogP contribution in [0, 0.1) is 0 Å². The number of hydrogen-bond donors (Lipinski definition) is 1. The Kier molecular flexibility index (Phi) is 5.11. The van der Waals surface area contributed by atoms with Crippen molar-refractivity contribution < 1.29 is 14.6 Å². The van der Waals surface area contributed by atoms with Gasteiger partial charge in [0.25, 0.3) is 0 Å². The highest BCUT2D eigenvalue weighted by Crippen LogP contribution is 2.33. The van der Waals surface area contributed by atoms with E-state index < -0.39 is 0 Å². The fraction of sp³-hybridized carbons (Fsp3) is 0.333. The summed E-state index contributed by atoms with van der Waals surface area (Å²) in [6.45, 7) is 4.85. The molecule has 0 amide bonds. The normalized spacial score (nSPS) is 11.0. The lowest BCUT2D eigenvalue weighted by molar-refractivity contribution is 0.101. The summed E-state index contributed by atoms with van der Waals surface area (Å²) in [4.78, 5) is 11.9. The molecule has 0 aliphatic heterocycles. The van der Waals surface area contributed by atoms with E-state index in [9.17, 15) is 9.90 Å². The predicted octanol–water partition coefficient (Wildman–Crippen LogP) is 4.26. The SMILES string of the molecule is CC(=O)c1c(CO)nn(C(C)C)c1Oc1cc(Cl)cc(Cl)c1. The van der Waals surface area contributed by atoms with Crippen LogP contribution < -0.4 is 4.74 Å². The Labute approximate surface area is 138 Å². The van der Waals surface area contributed by atoms with Gasteiger partial charge in [-0.25, -0.2) is 4.68 Å². The summed E-state index contributed by atoms with van der Waals surface area (Å²) in [6.07, 6.45) is 0. The van der Waals surface area contributed by atoms with Crippen molar-refractivity contribution in [3.05, 3.63) is 39.5 Å². The second-order valence-electron chi connectivity index (χ2n) is 5.09. The monoisotopic (exact) mass is 342 g/mol. The molecule has 0 atom stereocenters. The minimum absolute atomic E-state index is 0.0527. The number of Topliss-reactive ketones (excluding diaryl/α,β-unsaturated/α-hetero) is 1. The number of ketones is 1. The molecule has 0 saturated carbocycles. The average molecular weight is 343 g/mol. The number of hydrogen-bond acceptors (Lipinski definition) is 4. The second kappa shape index (κ2) is 6.69. The van der Waals surface area contributed by atoms with Crippen LogP contribution in [0.25, 0.3) is 0 Å². The van der Waals surface area contributed by atoms with Gasteiger partial charge in [-0.2, -0.15) is 5.10 Å². The summed E-state index contributed by atoms with van der Waals surface area (Å²) in [5.74, 6) is 0.426. The number of carbonyl (C=O) groups excluding carboxylic acids is 1. The third-order valence-electron chi connectivity index (χ3n) is 2.98. The van der Waals surface area contributed by atoms with Gasteiger partial charge in [-0.3, -0.25) is 4.79 Å². The molecule has 1 aromatic heterocycles. The lowest BCUT2D eigenvalue weighted by Gasteiger charge is -2.13. The Morgan fingerprint density at radius 3 is 2.36 bits per heavy atom. The lowest BCUT2D eigenvalue weighted by Crippen LogP contribution is -2.06. The average Bonchev–Trinajstić information content (AvgIpc) is 2.76. The minimum Gasteiger partial charge on any atom is -0.438 e. The van der Waals surface area contributed by atoms with E-state index >= 15 is 0 Å². The zero-order chi connectivity index (χ0) is 16.4. The number of carbonyl (C=O) groups is 1.